The molecule has 1 fully saturated rings. The van der Waals surface area contributed by atoms with Crippen molar-refractivity contribution in [3.63, 3.8) is 0 Å². The topological polar surface area (TPSA) is 15.6 Å². The SMILES string of the molecule is CC(C)=CCC1CC[C@H]2C3=C1CC=C1C=CCCC1N3C1=CC=NC[C@@H]12. The second-order valence-electron chi connectivity index (χ2n) is 8.79. The molecule has 0 N–H and O–H groups in total. The highest BCUT2D eigenvalue weighted by molar-refractivity contribution is 5.74. The van der Waals surface area contributed by atoms with Crippen LogP contribution in [-0.2, 0) is 0 Å². The first kappa shape index (κ1) is 16.4. The Morgan fingerprint density at radius 3 is 3.04 bits per heavy atom. The van der Waals surface area contributed by atoms with Crippen molar-refractivity contribution in [2.24, 2.45) is 22.7 Å². The molecule has 26 heavy (non-hydrogen) atoms. The lowest BCUT2D eigenvalue weighted by molar-refractivity contribution is 0.318. The van der Waals surface area contributed by atoms with E-state index in [4.69, 9.17) is 0 Å². The van der Waals surface area contributed by atoms with Crippen molar-refractivity contribution in [3.8, 4) is 0 Å². The van der Waals surface area contributed by atoms with E-state index in [2.05, 4.69) is 60.3 Å². The monoisotopic (exact) mass is 346 g/mol. The molecule has 2 heteroatoms. The fourth-order valence-electron chi connectivity index (χ4n) is 5.83. The summed E-state index contributed by atoms with van der Waals surface area (Å²) in [7, 11) is 0. The Kier molecular flexibility index (Phi) is 4.03. The summed E-state index contributed by atoms with van der Waals surface area (Å²) >= 11 is 0. The van der Waals surface area contributed by atoms with E-state index in [1.807, 2.05) is 0 Å². The molecule has 0 amide bonds. The van der Waals surface area contributed by atoms with Crippen molar-refractivity contribution in [2.75, 3.05) is 6.54 Å². The Balaban J connectivity index is 1.63. The van der Waals surface area contributed by atoms with Crippen LogP contribution < -0.4 is 0 Å². The average Bonchev–Trinajstić information content (AvgIpc) is 2.88. The second-order valence-corrected chi connectivity index (χ2v) is 8.79. The van der Waals surface area contributed by atoms with Crippen LogP contribution in [0, 0.1) is 17.8 Å². The summed E-state index contributed by atoms with van der Waals surface area (Å²) in [6.07, 6.45) is 21.7. The molecule has 2 nitrogen and oxygen atoms in total. The van der Waals surface area contributed by atoms with E-state index in [0.717, 1.165) is 18.9 Å². The van der Waals surface area contributed by atoms with Crippen LogP contribution in [0.15, 0.2) is 63.5 Å². The molecule has 0 aromatic heterocycles. The molecule has 0 aromatic carbocycles. The molecule has 0 bridgehead atoms. The van der Waals surface area contributed by atoms with Gasteiger partial charge in [0, 0.05) is 36.0 Å². The quantitative estimate of drug-likeness (QED) is 0.597. The van der Waals surface area contributed by atoms with Gasteiger partial charge in [-0.1, -0.05) is 29.9 Å². The molecule has 0 radical (unpaired) electrons. The van der Waals surface area contributed by atoms with Crippen LogP contribution in [0.1, 0.15) is 52.4 Å². The van der Waals surface area contributed by atoms with Gasteiger partial charge in [-0.05, 0) is 75.5 Å². The number of rotatable bonds is 2. The lowest BCUT2D eigenvalue weighted by Crippen LogP contribution is -2.34. The molecular weight excluding hydrogens is 316 g/mol. The summed E-state index contributed by atoms with van der Waals surface area (Å²) in [4.78, 5) is 7.43. The lowest BCUT2D eigenvalue weighted by atomic mass is 9.74. The Morgan fingerprint density at radius 1 is 1.23 bits per heavy atom. The van der Waals surface area contributed by atoms with E-state index in [0.29, 0.717) is 17.9 Å². The third kappa shape index (κ3) is 2.49. The van der Waals surface area contributed by atoms with Gasteiger partial charge in [0.05, 0.1) is 6.04 Å². The minimum atomic E-state index is 0.556. The zero-order valence-electron chi connectivity index (χ0n) is 16.1. The first-order valence-electron chi connectivity index (χ1n) is 10.5. The van der Waals surface area contributed by atoms with Crippen molar-refractivity contribution in [3.05, 3.63) is 58.5 Å². The van der Waals surface area contributed by atoms with Crippen molar-refractivity contribution in [2.45, 2.75) is 58.4 Å². The Bertz CT molecular complexity index is 785. The van der Waals surface area contributed by atoms with Crippen LogP contribution in [0.2, 0.25) is 0 Å². The van der Waals surface area contributed by atoms with E-state index in [9.17, 15) is 0 Å². The molecule has 2 aliphatic carbocycles. The van der Waals surface area contributed by atoms with E-state index < -0.39 is 0 Å². The van der Waals surface area contributed by atoms with Crippen molar-refractivity contribution < 1.29 is 0 Å². The minimum absolute atomic E-state index is 0.556. The van der Waals surface area contributed by atoms with Crippen LogP contribution in [0.3, 0.4) is 0 Å². The van der Waals surface area contributed by atoms with Gasteiger partial charge in [-0.25, -0.2) is 0 Å². The molecule has 0 aromatic rings. The fourth-order valence-corrected chi connectivity index (χ4v) is 5.83. The molecule has 1 saturated heterocycles. The first-order valence-corrected chi connectivity index (χ1v) is 10.5. The van der Waals surface area contributed by atoms with Gasteiger partial charge in [-0.15, -0.1) is 0 Å². The normalized spacial score (nSPS) is 34.5. The number of hydrogen-bond donors (Lipinski definition) is 0. The van der Waals surface area contributed by atoms with Gasteiger partial charge in [-0.2, -0.15) is 0 Å². The van der Waals surface area contributed by atoms with E-state index in [1.165, 1.54) is 37.7 Å². The van der Waals surface area contributed by atoms with Crippen LogP contribution >= 0.6 is 0 Å². The molecule has 5 aliphatic rings. The van der Waals surface area contributed by atoms with Gasteiger partial charge in [0.25, 0.3) is 0 Å². The molecule has 136 valence electrons. The smallest absolute Gasteiger partial charge is 0.0585 e. The van der Waals surface area contributed by atoms with Crippen LogP contribution in [-0.4, -0.2) is 23.7 Å². The van der Waals surface area contributed by atoms with Crippen molar-refractivity contribution in [1.29, 1.82) is 0 Å². The molecular formula is C24H30N2. The molecule has 4 atom stereocenters. The van der Waals surface area contributed by atoms with Crippen LogP contribution in [0.5, 0.6) is 0 Å². The third-order valence-electron chi connectivity index (χ3n) is 7.04. The van der Waals surface area contributed by atoms with Gasteiger partial charge in [0.15, 0.2) is 0 Å². The summed E-state index contributed by atoms with van der Waals surface area (Å²) < 4.78 is 0. The van der Waals surface area contributed by atoms with Gasteiger partial charge in [-0.3, -0.25) is 4.99 Å². The van der Waals surface area contributed by atoms with Crippen molar-refractivity contribution >= 4 is 6.21 Å². The fraction of sp³-hybridized carbons (Fsp3) is 0.542. The summed E-state index contributed by atoms with van der Waals surface area (Å²) in [5.41, 5.74) is 8.01. The third-order valence-corrected chi connectivity index (χ3v) is 7.04. The summed E-state index contributed by atoms with van der Waals surface area (Å²) in [6.45, 7) is 5.46. The highest BCUT2D eigenvalue weighted by atomic mass is 15.2. The summed E-state index contributed by atoms with van der Waals surface area (Å²) in [5.74, 6) is 2.05. The molecule has 5 rings (SSSR count). The number of allylic oxidation sites excluding steroid dienone is 7. The maximum atomic E-state index is 4.64. The number of hydrogen-bond acceptors (Lipinski definition) is 2. The number of dihydropyridines is 1. The summed E-state index contributed by atoms with van der Waals surface area (Å²) in [6, 6.07) is 0.556. The van der Waals surface area contributed by atoms with Gasteiger partial charge < -0.3 is 4.90 Å². The maximum Gasteiger partial charge on any atom is 0.0585 e. The molecule has 2 unspecified atom stereocenters. The standard InChI is InChI=1S/C24H30N2/c1-16(2)7-8-17-9-12-20-21-15-25-14-13-23(21)26-22-6-4-3-5-18(22)10-11-19(17)24(20)26/h3,5,7,10,13-14,17,20-22H,4,6,8-9,11-12,15H2,1-2H3/t17?,20-,21-,22?/m1/s1. The lowest BCUT2D eigenvalue weighted by Gasteiger charge is -2.37. The maximum absolute atomic E-state index is 4.64. The average molecular weight is 347 g/mol. The van der Waals surface area contributed by atoms with Crippen LogP contribution in [0.25, 0.3) is 0 Å². The van der Waals surface area contributed by atoms with Crippen molar-refractivity contribution in [1.82, 2.24) is 4.90 Å². The number of aliphatic imine (C=N–C) groups is 1. The Hall–Kier alpha value is -1.83. The van der Waals surface area contributed by atoms with Gasteiger partial charge in [0.2, 0.25) is 0 Å². The molecule has 0 saturated carbocycles. The second kappa shape index (κ2) is 6.40. The van der Waals surface area contributed by atoms with E-state index >= 15 is 0 Å². The van der Waals surface area contributed by atoms with E-state index in [1.54, 1.807) is 22.5 Å². The van der Waals surface area contributed by atoms with E-state index in [-0.39, 0.29) is 0 Å². The summed E-state index contributed by atoms with van der Waals surface area (Å²) in [5, 5.41) is 0. The Morgan fingerprint density at radius 2 is 2.15 bits per heavy atom. The van der Waals surface area contributed by atoms with Gasteiger partial charge >= 0.3 is 0 Å². The minimum Gasteiger partial charge on any atom is -0.341 e. The van der Waals surface area contributed by atoms with Gasteiger partial charge in [0.1, 0.15) is 0 Å². The number of fused-ring (bicyclic) bond motifs is 5. The highest BCUT2D eigenvalue weighted by Gasteiger charge is 2.49. The zero-order valence-corrected chi connectivity index (χ0v) is 16.1. The largest absolute Gasteiger partial charge is 0.341 e. The predicted molar refractivity (Wildman–Crippen MR) is 109 cm³/mol. The zero-order chi connectivity index (χ0) is 17.7. The number of nitrogens with zero attached hydrogens (tertiary/aromatic N) is 2. The molecule has 3 heterocycles. The Labute approximate surface area is 157 Å². The first-order chi connectivity index (χ1) is 12.7. The molecule has 3 aliphatic heterocycles. The highest BCUT2D eigenvalue weighted by Crippen LogP contribution is 2.55. The van der Waals surface area contributed by atoms with Crippen LogP contribution in [0.4, 0.5) is 0 Å². The molecule has 0 spiro atoms. The predicted octanol–water partition coefficient (Wildman–Crippen LogP) is 5.57.